The summed E-state index contributed by atoms with van der Waals surface area (Å²) < 4.78 is 33.4. The van der Waals surface area contributed by atoms with Crippen LogP contribution in [0.4, 0.5) is 0 Å². The van der Waals surface area contributed by atoms with Gasteiger partial charge in [0.15, 0.2) is 5.69 Å². The van der Waals surface area contributed by atoms with Crippen molar-refractivity contribution < 1.29 is 17.9 Å². The van der Waals surface area contributed by atoms with Gasteiger partial charge >= 0.3 is 5.97 Å². The zero-order valence-corrected chi connectivity index (χ0v) is 15.1. The molecule has 0 saturated heterocycles. The monoisotopic (exact) mass is 363 g/mol. The van der Waals surface area contributed by atoms with Gasteiger partial charge in [0, 0.05) is 13.1 Å². The lowest BCUT2D eigenvalue weighted by Gasteiger charge is -2.19. The van der Waals surface area contributed by atoms with Crippen molar-refractivity contribution >= 4 is 16.0 Å². The van der Waals surface area contributed by atoms with Gasteiger partial charge in [0.1, 0.15) is 0 Å². The Labute approximate surface area is 147 Å². The third-order valence-electron chi connectivity index (χ3n) is 4.24. The Morgan fingerprint density at radius 3 is 2.64 bits per heavy atom. The van der Waals surface area contributed by atoms with Gasteiger partial charge in [-0.15, -0.1) is 0 Å². The molecule has 0 fully saturated rings. The van der Waals surface area contributed by atoms with Crippen LogP contribution in [0.25, 0.3) is 0 Å². The minimum absolute atomic E-state index is 0.0364. The molecule has 0 aliphatic carbocycles. The maximum atomic E-state index is 12.8. The summed E-state index contributed by atoms with van der Waals surface area (Å²) in [5, 5.41) is 4.21. The smallest absolute Gasteiger partial charge is 0.358 e. The van der Waals surface area contributed by atoms with Crippen LogP contribution in [0.3, 0.4) is 0 Å². The summed E-state index contributed by atoms with van der Waals surface area (Å²) in [5.41, 5.74) is 2.76. The average molecular weight is 363 g/mol. The summed E-state index contributed by atoms with van der Waals surface area (Å²) in [6, 6.07) is 9.09. The molecule has 8 heteroatoms. The lowest BCUT2D eigenvalue weighted by Crippen LogP contribution is -2.31. The minimum Gasteiger partial charge on any atom is -0.464 e. The summed E-state index contributed by atoms with van der Waals surface area (Å²) in [7, 11) is -2.16. The van der Waals surface area contributed by atoms with E-state index in [0.717, 1.165) is 11.1 Å². The molecule has 25 heavy (non-hydrogen) atoms. The first-order valence-electron chi connectivity index (χ1n) is 8.07. The van der Waals surface area contributed by atoms with Gasteiger partial charge in [-0.05, 0) is 25.0 Å². The summed E-state index contributed by atoms with van der Waals surface area (Å²) in [6.07, 6.45) is 0.641. The second-order valence-corrected chi connectivity index (χ2v) is 8.13. The van der Waals surface area contributed by atoms with Crippen molar-refractivity contribution in [1.29, 1.82) is 0 Å². The number of sulfonamides is 1. The van der Waals surface area contributed by atoms with Crippen LogP contribution in [-0.2, 0) is 33.6 Å². The van der Waals surface area contributed by atoms with Gasteiger partial charge in [-0.25, -0.2) is 13.2 Å². The third kappa shape index (κ3) is 3.91. The zero-order valence-electron chi connectivity index (χ0n) is 14.3. The number of aryl methyl sites for hydroxylation is 2. The van der Waals surface area contributed by atoms with E-state index in [1.165, 1.54) is 11.4 Å². The van der Waals surface area contributed by atoms with Gasteiger partial charge in [0.25, 0.3) is 0 Å². The van der Waals surface area contributed by atoms with Gasteiger partial charge in [-0.3, -0.25) is 4.68 Å². The number of aromatic nitrogens is 2. The standard InChI is InChI=1S/C17H21N3O4S/c1-13-4-6-14(7-5-13)12-25(22,23)19-8-3-9-20-15(11-19)10-16(18-20)17(21)24-2/h4-7,10H,3,8-9,11-12H2,1-2H3. The van der Waals surface area contributed by atoms with E-state index in [1.54, 1.807) is 10.7 Å². The average Bonchev–Trinajstić information content (AvgIpc) is 2.87. The van der Waals surface area contributed by atoms with E-state index in [0.29, 0.717) is 25.2 Å². The van der Waals surface area contributed by atoms with Gasteiger partial charge < -0.3 is 4.74 Å². The fourth-order valence-electron chi connectivity index (χ4n) is 2.86. The number of esters is 1. The second kappa shape index (κ2) is 6.97. The molecule has 1 aliphatic heterocycles. The molecule has 1 aliphatic rings. The number of carbonyl (C=O) groups is 1. The number of fused-ring (bicyclic) bond motifs is 1. The molecule has 0 saturated carbocycles. The number of benzene rings is 1. The van der Waals surface area contributed by atoms with Gasteiger partial charge in [-0.2, -0.15) is 9.40 Å². The number of nitrogens with zero attached hydrogens (tertiary/aromatic N) is 3. The number of rotatable bonds is 4. The van der Waals surface area contributed by atoms with Crippen molar-refractivity contribution in [1.82, 2.24) is 14.1 Å². The minimum atomic E-state index is -3.46. The normalized spacial score (nSPS) is 15.4. The topological polar surface area (TPSA) is 81.5 Å². The predicted molar refractivity (Wildman–Crippen MR) is 92.4 cm³/mol. The highest BCUT2D eigenvalue weighted by Gasteiger charge is 2.27. The number of carbonyl (C=O) groups excluding carboxylic acids is 1. The molecule has 134 valence electrons. The van der Waals surface area contributed by atoms with Gasteiger partial charge in [-0.1, -0.05) is 29.8 Å². The van der Waals surface area contributed by atoms with Crippen LogP contribution in [0.2, 0.25) is 0 Å². The van der Waals surface area contributed by atoms with Crippen molar-refractivity contribution in [2.24, 2.45) is 0 Å². The van der Waals surface area contributed by atoms with Crippen molar-refractivity contribution in [2.45, 2.75) is 32.2 Å². The second-order valence-electron chi connectivity index (χ2n) is 6.16. The molecule has 0 radical (unpaired) electrons. The number of methoxy groups -OCH3 is 1. The maximum Gasteiger partial charge on any atom is 0.358 e. The van der Waals surface area contributed by atoms with Crippen LogP contribution < -0.4 is 0 Å². The summed E-state index contributed by atoms with van der Waals surface area (Å²) in [4.78, 5) is 11.6. The lowest BCUT2D eigenvalue weighted by molar-refractivity contribution is 0.0593. The van der Waals surface area contributed by atoms with Gasteiger partial charge in [0.05, 0.1) is 25.1 Å². The molecule has 0 atom stereocenters. The van der Waals surface area contributed by atoms with Crippen molar-refractivity contribution in [2.75, 3.05) is 13.7 Å². The van der Waals surface area contributed by atoms with E-state index in [-0.39, 0.29) is 18.0 Å². The third-order valence-corrected chi connectivity index (χ3v) is 6.03. The molecule has 0 N–H and O–H groups in total. The highest BCUT2D eigenvalue weighted by atomic mass is 32.2. The maximum absolute atomic E-state index is 12.8. The van der Waals surface area contributed by atoms with Crippen LogP contribution in [0.15, 0.2) is 30.3 Å². The van der Waals surface area contributed by atoms with Crippen LogP contribution in [-0.4, -0.2) is 42.1 Å². The fraction of sp³-hybridized carbons (Fsp3) is 0.412. The Hall–Kier alpha value is -2.19. The molecule has 0 spiro atoms. The highest BCUT2D eigenvalue weighted by Crippen LogP contribution is 2.20. The Morgan fingerprint density at radius 2 is 1.96 bits per heavy atom. The zero-order chi connectivity index (χ0) is 18.0. The number of ether oxygens (including phenoxy) is 1. The molecule has 3 rings (SSSR count). The molecule has 0 amide bonds. The molecule has 2 heterocycles. The fourth-order valence-corrected chi connectivity index (χ4v) is 4.39. The van der Waals surface area contributed by atoms with Gasteiger partial charge in [0.2, 0.25) is 10.0 Å². The van der Waals surface area contributed by atoms with E-state index in [4.69, 9.17) is 0 Å². The first-order chi connectivity index (χ1) is 11.9. The highest BCUT2D eigenvalue weighted by molar-refractivity contribution is 7.88. The molecule has 1 aromatic heterocycles. The largest absolute Gasteiger partial charge is 0.464 e. The summed E-state index contributed by atoms with van der Waals surface area (Å²) in [6.45, 7) is 3.18. The van der Waals surface area contributed by atoms with Crippen LogP contribution >= 0.6 is 0 Å². The molecule has 2 aromatic rings. The summed E-state index contributed by atoms with van der Waals surface area (Å²) >= 11 is 0. The Kier molecular flexibility index (Phi) is 4.91. The molecular weight excluding hydrogens is 342 g/mol. The molecule has 0 bridgehead atoms. The SMILES string of the molecule is COC(=O)c1cc2n(n1)CCCN(S(=O)(=O)Cc1ccc(C)cc1)C2. The summed E-state index contributed by atoms with van der Waals surface area (Å²) in [5.74, 6) is -0.555. The molecule has 7 nitrogen and oxygen atoms in total. The van der Waals surface area contributed by atoms with Crippen LogP contribution in [0.5, 0.6) is 0 Å². The van der Waals surface area contributed by atoms with E-state index >= 15 is 0 Å². The van der Waals surface area contributed by atoms with Crippen molar-refractivity contribution in [3.63, 3.8) is 0 Å². The molecule has 1 aromatic carbocycles. The quantitative estimate of drug-likeness (QED) is 0.773. The Balaban J connectivity index is 1.81. The van der Waals surface area contributed by atoms with E-state index < -0.39 is 16.0 Å². The lowest BCUT2D eigenvalue weighted by atomic mass is 10.2. The van der Waals surface area contributed by atoms with Crippen molar-refractivity contribution in [3.8, 4) is 0 Å². The van der Waals surface area contributed by atoms with E-state index in [2.05, 4.69) is 9.84 Å². The molecule has 0 unspecified atom stereocenters. The number of hydrogen-bond acceptors (Lipinski definition) is 5. The van der Waals surface area contributed by atoms with Crippen LogP contribution in [0, 0.1) is 6.92 Å². The van der Waals surface area contributed by atoms with Crippen LogP contribution in [0.1, 0.15) is 33.7 Å². The number of hydrogen-bond donors (Lipinski definition) is 0. The van der Waals surface area contributed by atoms with E-state index in [9.17, 15) is 13.2 Å². The Morgan fingerprint density at radius 1 is 1.24 bits per heavy atom. The van der Waals surface area contributed by atoms with E-state index in [1.807, 2.05) is 31.2 Å². The first-order valence-corrected chi connectivity index (χ1v) is 9.68. The molecular formula is C17H21N3O4S. The van der Waals surface area contributed by atoms with Crippen molar-refractivity contribution in [3.05, 3.63) is 52.8 Å². The first kappa shape index (κ1) is 17.6. The Bertz CT molecular complexity index is 872. The predicted octanol–water partition coefficient (Wildman–Crippen LogP) is 1.71.